The molecule has 22 heavy (non-hydrogen) atoms. The zero-order valence-corrected chi connectivity index (χ0v) is 14.3. The van der Waals surface area contributed by atoms with E-state index in [0.29, 0.717) is 17.4 Å². The minimum Gasteiger partial charge on any atom is -0.478 e. The Bertz CT molecular complexity index is 579. The Morgan fingerprint density at radius 3 is 2.91 bits per heavy atom. The van der Waals surface area contributed by atoms with Gasteiger partial charge in [0.2, 0.25) is 0 Å². The summed E-state index contributed by atoms with van der Waals surface area (Å²) in [5, 5.41) is 9.82. The van der Waals surface area contributed by atoms with E-state index in [1.54, 1.807) is 11.3 Å². The predicted octanol–water partition coefficient (Wildman–Crippen LogP) is 3.31. The summed E-state index contributed by atoms with van der Waals surface area (Å²) in [5.74, 6) is 5.61. The standard InChI is InChI=1S/C17H26N2O2S/c1-17(2)7-6-13-12(8-17)14(16(20)21)15(22-13)11-5-3-4-10(11)9-19-18/h10-11,19H,3-9,18H2,1-2H3,(H,20,21)/t10-,11-/m0/s1. The van der Waals surface area contributed by atoms with Crippen molar-refractivity contribution in [2.75, 3.05) is 6.54 Å². The van der Waals surface area contributed by atoms with Crippen molar-refractivity contribution in [1.29, 1.82) is 0 Å². The van der Waals surface area contributed by atoms with Gasteiger partial charge in [0.25, 0.3) is 0 Å². The second kappa shape index (κ2) is 5.95. The van der Waals surface area contributed by atoms with Gasteiger partial charge in [-0.25, -0.2) is 4.79 Å². The second-order valence-electron chi connectivity index (χ2n) is 7.59. The Labute approximate surface area is 136 Å². The van der Waals surface area contributed by atoms with Gasteiger partial charge in [0, 0.05) is 16.3 Å². The van der Waals surface area contributed by atoms with Crippen LogP contribution in [0.5, 0.6) is 0 Å². The van der Waals surface area contributed by atoms with Crippen LogP contribution in [-0.4, -0.2) is 17.6 Å². The van der Waals surface area contributed by atoms with Crippen molar-refractivity contribution < 1.29 is 9.90 Å². The topological polar surface area (TPSA) is 75.3 Å². The average molecular weight is 322 g/mol. The number of hydrazine groups is 1. The van der Waals surface area contributed by atoms with Crippen molar-refractivity contribution in [2.24, 2.45) is 17.2 Å². The molecular weight excluding hydrogens is 296 g/mol. The van der Waals surface area contributed by atoms with Gasteiger partial charge in [-0.05, 0) is 54.9 Å². The van der Waals surface area contributed by atoms with Crippen LogP contribution in [0.2, 0.25) is 0 Å². The first-order valence-corrected chi connectivity index (χ1v) is 9.06. The first kappa shape index (κ1) is 16.0. The molecule has 0 saturated heterocycles. The molecule has 0 aromatic carbocycles. The van der Waals surface area contributed by atoms with Crippen molar-refractivity contribution in [3.05, 3.63) is 20.9 Å². The van der Waals surface area contributed by atoms with E-state index < -0.39 is 5.97 Å². The van der Waals surface area contributed by atoms with Crippen LogP contribution < -0.4 is 11.3 Å². The molecule has 0 spiro atoms. The van der Waals surface area contributed by atoms with Gasteiger partial charge in [-0.1, -0.05) is 20.3 Å². The van der Waals surface area contributed by atoms with Gasteiger partial charge < -0.3 is 5.11 Å². The molecule has 2 aliphatic rings. The van der Waals surface area contributed by atoms with E-state index >= 15 is 0 Å². The lowest BCUT2D eigenvalue weighted by molar-refractivity contribution is 0.0693. The predicted molar refractivity (Wildman–Crippen MR) is 89.4 cm³/mol. The normalized spacial score (nSPS) is 26.9. The van der Waals surface area contributed by atoms with E-state index in [1.165, 1.54) is 11.3 Å². The molecule has 0 unspecified atom stereocenters. The summed E-state index contributed by atoms with van der Waals surface area (Å²) in [6.45, 7) is 5.27. The van der Waals surface area contributed by atoms with Crippen LogP contribution in [0, 0.1) is 11.3 Å². The number of carboxylic acids is 1. The van der Waals surface area contributed by atoms with Crippen LogP contribution >= 0.6 is 11.3 Å². The molecule has 4 N–H and O–H groups in total. The molecule has 0 radical (unpaired) electrons. The van der Waals surface area contributed by atoms with Crippen LogP contribution in [0.15, 0.2) is 0 Å². The smallest absolute Gasteiger partial charge is 0.337 e. The Balaban J connectivity index is 2.02. The number of nitrogens with one attached hydrogen (secondary N) is 1. The Morgan fingerprint density at radius 2 is 2.23 bits per heavy atom. The summed E-state index contributed by atoms with van der Waals surface area (Å²) in [5.41, 5.74) is 4.75. The molecule has 1 aromatic rings. The van der Waals surface area contributed by atoms with E-state index in [2.05, 4.69) is 19.3 Å². The minimum absolute atomic E-state index is 0.212. The molecule has 5 heteroatoms. The highest BCUT2D eigenvalue weighted by Crippen LogP contribution is 2.48. The van der Waals surface area contributed by atoms with Gasteiger partial charge in [-0.3, -0.25) is 11.3 Å². The van der Waals surface area contributed by atoms with Gasteiger partial charge >= 0.3 is 5.97 Å². The number of rotatable bonds is 4. The average Bonchev–Trinajstić information content (AvgIpc) is 3.01. The fraction of sp³-hybridized carbons (Fsp3) is 0.706. The number of hydrogen-bond acceptors (Lipinski definition) is 4. The quantitative estimate of drug-likeness (QED) is 0.587. The van der Waals surface area contributed by atoms with E-state index in [-0.39, 0.29) is 5.41 Å². The highest BCUT2D eigenvalue weighted by molar-refractivity contribution is 7.12. The first-order chi connectivity index (χ1) is 10.4. The number of hydrogen-bond donors (Lipinski definition) is 3. The monoisotopic (exact) mass is 322 g/mol. The summed E-state index contributed by atoms with van der Waals surface area (Å²) in [6.07, 6.45) is 6.48. The molecule has 0 bridgehead atoms. The van der Waals surface area contributed by atoms with Crippen molar-refractivity contribution in [2.45, 2.75) is 58.3 Å². The number of aromatic carboxylic acids is 1. The van der Waals surface area contributed by atoms with Gasteiger partial charge in [-0.15, -0.1) is 11.3 Å². The third-order valence-corrected chi connectivity index (χ3v) is 6.82. The molecule has 2 aliphatic carbocycles. The van der Waals surface area contributed by atoms with Crippen LogP contribution in [0.3, 0.4) is 0 Å². The van der Waals surface area contributed by atoms with Gasteiger partial charge in [0.05, 0.1) is 5.56 Å². The van der Waals surface area contributed by atoms with Crippen LogP contribution in [0.4, 0.5) is 0 Å². The summed E-state index contributed by atoms with van der Waals surface area (Å²) < 4.78 is 0. The number of carbonyl (C=O) groups is 1. The highest BCUT2D eigenvalue weighted by Gasteiger charge is 2.38. The van der Waals surface area contributed by atoms with Crippen molar-refractivity contribution in [3.63, 3.8) is 0 Å². The molecule has 1 heterocycles. The van der Waals surface area contributed by atoms with E-state index in [9.17, 15) is 9.90 Å². The number of thiophene rings is 1. The molecule has 1 aromatic heterocycles. The number of fused-ring (bicyclic) bond motifs is 1. The Hall–Kier alpha value is -0.910. The fourth-order valence-electron chi connectivity index (χ4n) is 4.21. The number of nitrogens with two attached hydrogens (primary N) is 1. The van der Waals surface area contributed by atoms with Crippen LogP contribution in [-0.2, 0) is 12.8 Å². The molecule has 2 atom stereocenters. The lowest BCUT2D eigenvalue weighted by atomic mass is 9.75. The highest BCUT2D eigenvalue weighted by atomic mass is 32.1. The zero-order chi connectivity index (χ0) is 15.9. The largest absolute Gasteiger partial charge is 0.478 e. The summed E-state index contributed by atoms with van der Waals surface area (Å²) in [4.78, 5) is 14.4. The van der Waals surface area contributed by atoms with Gasteiger partial charge in [0.1, 0.15) is 0 Å². The molecule has 3 rings (SSSR count). The maximum atomic E-state index is 12.0. The van der Waals surface area contributed by atoms with E-state index in [0.717, 1.165) is 49.1 Å². The van der Waals surface area contributed by atoms with Crippen molar-refractivity contribution in [3.8, 4) is 0 Å². The third kappa shape index (κ3) is 2.82. The molecule has 0 amide bonds. The maximum absolute atomic E-state index is 12.0. The first-order valence-electron chi connectivity index (χ1n) is 8.24. The van der Waals surface area contributed by atoms with Crippen molar-refractivity contribution >= 4 is 17.3 Å². The van der Waals surface area contributed by atoms with Gasteiger partial charge in [-0.2, -0.15) is 0 Å². The third-order valence-electron chi connectivity index (χ3n) is 5.39. The minimum atomic E-state index is -0.739. The molecule has 122 valence electrons. The molecule has 1 saturated carbocycles. The Morgan fingerprint density at radius 1 is 1.45 bits per heavy atom. The molecule has 0 aliphatic heterocycles. The molecular formula is C17H26N2O2S. The SMILES string of the molecule is CC1(C)CCc2sc([C@H]3CCC[C@H]3CNN)c(C(=O)O)c2C1. The fourth-order valence-corrected chi connectivity index (χ4v) is 5.76. The zero-order valence-electron chi connectivity index (χ0n) is 13.4. The number of carboxylic acid groups (broad SMARTS) is 1. The summed E-state index contributed by atoms with van der Waals surface area (Å²) >= 11 is 1.77. The van der Waals surface area contributed by atoms with Crippen LogP contribution in [0.1, 0.15) is 71.1 Å². The second-order valence-corrected chi connectivity index (χ2v) is 8.73. The Kier molecular flexibility index (Phi) is 4.32. The molecule has 1 fully saturated rings. The lowest BCUT2D eigenvalue weighted by Crippen LogP contribution is -2.30. The van der Waals surface area contributed by atoms with Crippen LogP contribution in [0.25, 0.3) is 0 Å². The summed E-state index contributed by atoms with van der Waals surface area (Å²) in [6, 6.07) is 0. The lowest BCUT2D eigenvalue weighted by Gasteiger charge is -2.29. The summed E-state index contributed by atoms with van der Waals surface area (Å²) in [7, 11) is 0. The molecule has 4 nitrogen and oxygen atoms in total. The number of aryl methyl sites for hydroxylation is 1. The maximum Gasteiger partial charge on any atom is 0.337 e. The van der Waals surface area contributed by atoms with Crippen molar-refractivity contribution in [1.82, 2.24) is 5.43 Å². The van der Waals surface area contributed by atoms with Gasteiger partial charge in [0.15, 0.2) is 0 Å². The van der Waals surface area contributed by atoms with E-state index in [4.69, 9.17) is 5.84 Å². The van der Waals surface area contributed by atoms with E-state index in [1.807, 2.05) is 0 Å².